The van der Waals surface area contributed by atoms with Gasteiger partial charge >= 0.3 is 6.03 Å². The Bertz CT molecular complexity index is 755. The molecule has 3 rings (SSSR count). The van der Waals surface area contributed by atoms with E-state index in [1.807, 2.05) is 47.4 Å². The largest absolute Gasteiger partial charge is 0.352 e. The van der Waals surface area contributed by atoms with E-state index < -0.39 is 0 Å². The molecule has 1 fully saturated rings. The van der Waals surface area contributed by atoms with Crippen LogP contribution in [0.25, 0.3) is 0 Å². The van der Waals surface area contributed by atoms with Gasteiger partial charge in [-0.2, -0.15) is 0 Å². The molecule has 2 aromatic rings. The van der Waals surface area contributed by atoms with Gasteiger partial charge in [0.15, 0.2) is 0 Å². The van der Waals surface area contributed by atoms with Crippen LogP contribution < -0.4 is 10.6 Å². The van der Waals surface area contributed by atoms with E-state index in [-0.39, 0.29) is 11.9 Å². The minimum Gasteiger partial charge on any atom is -0.352 e. The van der Waals surface area contributed by atoms with E-state index in [0.717, 1.165) is 50.0 Å². The third-order valence-electron chi connectivity index (χ3n) is 4.77. The van der Waals surface area contributed by atoms with Gasteiger partial charge < -0.3 is 15.5 Å². The summed E-state index contributed by atoms with van der Waals surface area (Å²) in [5.74, 6) is 0.0532. The molecule has 0 atom stereocenters. The van der Waals surface area contributed by atoms with Crippen LogP contribution in [0.2, 0.25) is 0 Å². The smallest absolute Gasteiger partial charge is 0.321 e. The number of benzene rings is 2. The van der Waals surface area contributed by atoms with Crippen molar-refractivity contribution < 1.29 is 9.59 Å². The monoisotopic (exact) mass is 365 g/mol. The molecule has 5 heteroatoms. The van der Waals surface area contributed by atoms with Crippen molar-refractivity contribution >= 4 is 17.6 Å². The highest BCUT2D eigenvalue weighted by molar-refractivity contribution is 5.89. The fourth-order valence-corrected chi connectivity index (χ4v) is 3.27. The lowest BCUT2D eigenvalue weighted by molar-refractivity contribution is -0.121. The average molecular weight is 365 g/mol. The van der Waals surface area contributed by atoms with E-state index >= 15 is 0 Å². The number of urea groups is 1. The molecule has 0 aromatic heterocycles. The predicted molar refractivity (Wildman–Crippen MR) is 107 cm³/mol. The van der Waals surface area contributed by atoms with Crippen LogP contribution in [0, 0.1) is 0 Å². The normalized spacial score (nSPS) is 13.4. The van der Waals surface area contributed by atoms with E-state index in [1.54, 1.807) is 0 Å². The Balaban J connectivity index is 1.41. The highest BCUT2D eigenvalue weighted by atomic mass is 16.2. The lowest BCUT2D eigenvalue weighted by Crippen LogP contribution is -2.32. The topological polar surface area (TPSA) is 61.4 Å². The zero-order valence-electron chi connectivity index (χ0n) is 15.6. The second kappa shape index (κ2) is 9.76. The summed E-state index contributed by atoms with van der Waals surface area (Å²) in [7, 11) is 0. The molecule has 0 saturated carbocycles. The van der Waals surface area contributed by atoms with Gasteiger partial charge in [-0.3, -0.25) is 4.79 Å². The molecule has 0 spiro atoms. The quantitative estimate of drug-likeness (QED) is 0.780. The maximum Gasteiger partial charge on any atom is 0.321 e. The van der Waals surface area contributed by atoms with Gasteiger partial charge in [0.1, 0.15) is 0 Å². The second-order valence-corrected chi connectivity index (χ2v) is 6.94. The number of amides is 3. The molecule has 27 heavy (non-hydrogen) atoms. The molecule has 5 nitrogen and oxygen atoms in total. The molecule has 1 aliphatic heterocycles. The van der Waals surface area contributed by atoms with Crippen molar-refractivity contribution in [1.82, 2.24) is 10.2 Å². The van der Waals surface area contributed by atoms with Gasteiger partial charge in [0.25, 0.3) is 0 Å². The summed E-state index contributed by atoms with van der Waals surface area (Å²) in [4.78, 5) is 26.1. The van der Waals surface area contributed by atoms with Crippen LogP contribution in [-0.4, -0.2) is 29.9 Å². The molecule has 2 aromatic carbocycles. The van der Waals surface area contributed by atoms with Crippen molar-refractivity contribution in [3.8, 4) is 0 Å². The number of nitrogens with one attached hydrogen (secondary N) is 2. The van der Waals surface area contributed by atoms with E-state index in [2.05, 4.69) is 22.8 Å². The summed E-state index contributed by atoms with van der Waals surface area (Å²) < 4.78 is 0. The van der Waals surface area contributed by atoms with Gasteiger partial charge in [0.05, 0.1) is 0 Å². The molecule has 0 radical (unpaired) electrons. The first-order valence-electron chi connectivity index (χ1n) is 9.66. The fraction of sp³-hybridized carbons (Fsp3) is 0.364. The number of nitrogens with zero attached hydrogens (tertiary/aromatic N) is 1. The van der Waals surface area contributed by atoms with E-state index in [4.69, 9.17) is 0 Å². The van der Waals surface area contributed by atoms with Crippen LogP contribution in [0.15, 0.2) is 54.6 Å². The summed E-state index contributed by atoms with van der Waals surface area (Å²) in [6.07, 6.45) is 4.40. The number of rotatable bonds is 7. The zero-order valence-corrected chi connectivity index (χ0v) is 15.6. The Morgan fingerprint density at radius 1 is 0.926 bits per heavy atom. The Hall–Kier alpha value is -2.82. The van der Waals surface area contributed by atoms with Crippen molar-refractivity contribution in [1.29, 1.82) is 0 Å². The number of hydrogen-bond donors (Lipinski definition) is 2. The molecule has 1 heterocycles. The predicted octanol–water partition coefficient (Wildman–Crippen LogP) is 3.95. The van der Waals surface area contributed by atoms with Crippen LogP contribution in [0.3, 0.4) is 0 Å². The number of carbonyl (C=O) groups excluding carboxylic acids is 2. The first-order chi connectivity index (χ1) is 13.2. The summed E-state index contributed by atoms with van der Waals surface area (Å²) >= 11 is 0. The molecule has 142 valence electrons. The first kappa shape index (κ1) is 19.0. The van der Waals surface area contributed by atoms with Crippen molar-refractivity contribution in [2.75, 3.05) is 18.4 Å². The van der Waals surface area contributed by atoms with Crippen molar-refractivity contribution in [3.05, 3.63) is 65.7 Å². The van der Waals surface area contributed by atoms with E-state index in [1.165, 1.54) is 5.56 Å². The van der Waals surface area contributed by atoms with Gasteiger partial charge in [0.2, 0.25) is 5.91 Å². The van der Waals surface area contributed by atoms with Crippen LogP contribution >= 0.6 is 0 Å². The second-order valence-electron chi connectivity index (χ2n) is 6.94. The molecule has 1 aliphatic rings. The van der Waals surface area contributed by atoms with Gasteiger partial charge in [-0.15, -0.1) is 0 Å². The third kappa shape index (κ3) is 6.13. The maximum absolute atomic E-state index is 12.2. The number of carbonyl (C=O) groups is 2. The van der Waals surface area contributed by atoms with Crippen LogP contribution in [0.5, 0.6) is 0 Å². The Labute approximate surface area is 160 Å². The van der Waals surface area contributed by atoms with Gasteiger partial charge in [-0.05, 0) is 48.9 Å². The number of likely N-dealkylation sites (tertiary alicyclic amines) is 1. The number of anilines is 1. The summed E-state index contributed by atoms with van der Waals surface area (Å²) in [6, 6.07) is 17.8. The molecule has 0 aliphatic carbocycles. The van der Waals surface area contributed by atoms with Gasteiger partial charge in [0, 0.05) is 31.7 Å². The Morgan fingerprint density at radius 3 is 2.44 bits per heavy atom. The number of hydrogen-bond acceptors (Lipinski definition) is 2. The van der Waals surface area contributed by atoms with Crippen molar-refractivity contribution in [2.24, 2.45) is 0 Å². The van der Waals surface area contributed by atoms with Gasteiger partial charge in [-0.1, -0.05) is 42.5 Å². The van der Waals surface area contributed by atoms with E-state index in [9.17, 15) is 9.59 Å². The first-order valence-corrected chi connectivity index (χ1v) is 9.66. The molecule has 3 amide bonds. The summed E-state index contributed by atoms with van der Waals surface area (Å²) in [6.45, 7) is 2.12. The Morgan fingerprint density at radius 2 is 1.67 bits per heavy atom. The Kier molecular flexibility index (Phi) is 6.85. The highest BCUT2D eigenvalue weighted by Crippen LogP contribution is 2.14. The molecule has 0 bridgehead atoms. The minimum absolute atomic E-state index is 0.0467. The molecular weight excluding hydrogens is 338 g/mol. The summed E-state index contributed by atoms with van der Waals surface area (Å²) in [5.41, 5.74) is 3.00. The van der Waals surface area contributed by atoms with Crippen LogP contribution in [0.4, 0.5) is 10.5 Å². The maximum atomic E-state index is 12.2. The summed E-state index contributed by atoms with van der Waals surface area (Å²) in [5, 5.41) is 5.90. The molecular formula is C22H27N3O2. The lowest BCUT2D eigenvalue weighted by Gasteiger charge is -2.16. The third-order valence-corrected chi connectivity index (χ3v) is 4.77. The zero-order chi connectivity index (χ0) is 18.9. The van der Waals surface area contributed by atoms with Crippen molar-refractivity contribution in [2.45, 2.75) is 38.6 Å². The molecule has 1 saturated heterocycles. The lowest BCUT2D eigenvalue weighted by atomic mass is 10.1. The molecule has 0 unspecified atom stereocenters. The number of aryl methyl sites for hydroxylation is 1. The molecule has 2 N–H and O–H groups in total. The van der Waals surface area contributed by atoms with Crippen LogP contribution in [0.1, 0.15) is 36.8 Å². The average Bonchev–Trinajstić information content (AvgIpc) is 3.23. The van der Waals surface area contributed by atoms with Gasteiger partial charge in [-0.25, -0.2) is 4.79 Å². The standard InChI is InChI=1S/C22H27N3O2/c26-21(13-7-10-18-8-2-1-3-9-18)23-17-19-11-6-12-20(16-19)24-22(27)25-14-4-5-15-25/h1-3,6,8-9,11-12,16H,4-5,7,10,13-15,17H2,(H,23,26)(H,24,27). The highest BCUT2D eigenvalue weighted by Gasteiger charge is 2.17. The SMILES string of the molecule is O=C(CCCc1ccccc1)NCc1cccc(NC(=O)N2CCCC2)c1. The van der Waals surface area contributed by atoms with Crippen LogP contribution in [-0.2, 0) is 17.8 Å². The fourth-order valence-electron chi connectivity index (χ4n) is 3.27. The van der Waals surface area contributed by atoms with Crippen molar-refractivity contribution in [3.63, 3.8) is 0 Å². The van der Waals surface area contributed by atoms with E-state index in [0.29, 0.717) is 13.0 Å². The minimum atomic E-state index is -0.0467.